The number of rotatable bonds is 1. The number of hydrogen-bond donors (Lipinski definition) is 0. The smallest absolute Gasteiger partial charge is 0.0758 e. The SMILES string of the molecule is CC1(C)O[C@](C)([C@H]2CC[C@@](C)(Br)[C@H](Cl)C2)CC[C@H]1Br. The summed E-state index contributed by atoms with van der Waals surface area (Å²) in [5, 5.41) is 0.191. The van der Waals surface area contributed by atoms with Crippen molar-refractivity contribution in [1.29, 1.82) is 0 Å². The lowest BCUT2D eigenvalue weighted by atomic mass is 9.70. The van der Waals surface area contributed by atoms with E-state index in [1.54, 1.807) is 0 Å². The van der Waals surface area contributed by atoms with Crippen molar-refractivity contribution in [1.82, 2.24) is 0 Å². The minimum atomic E-state index is -0.0933. The van der Waals surface area contributed by atoms with E-state index >= 15 is 0 Å². The molecule has 112 valence electrons. The Morgan fingerprint density at radius 1 is 1.11 bits per heavy atom. The van der Waals surface area contributed by atoms with Gasteiger partial charge in [0.15, 0.2) is 0 Å². The van der Waals surface area contributed by atoms with Gasteiger partial charge < -0.3 is 4.74 Å². The van der Waals surface area contributed by atoms with E-state index in [1.165, 1.54) is 12.8 Å². The molecule has 0 aromatic rings. The van der Waals surface area contributed by atoms with Crippen molar-refractivity contribution >= 4 is 43.5 Å². The molecule has 19 heavy (non-hydrogen) atoms. The monoisotopic (exact) mass is 414 g/mol. The lowest BCUT2D eigenvalue weighted by Crippen LogP contribution is -2.55. The first-order valence-corrected chi connectivity index (χ1v) is 9.38. The van der Waals surface area contributed by atoms with Gasteiger partial charge in [0.2, 0.25) is 0 Å². The molecule has 1 saturated heterocycles. The summed E-state index contributed by atoms with van der Waals surface area (Å²) in [4.78, 5) is 0.449. The van der Waals surface area contributed by atoms with Crippen LogP contribution in [0.4, 0.5) is 0 Å². The van der Waals surface area contributed by atoms with Crippen LogP contribution in [0.25, 0.3) is 0 Å². The Labute approximate surface area is 139 Å². The van der Waals surface area contributed by atoms with Gasteiger partial charge in [0, 0.05) is 14.5 Å². The van der Waals surface area contributed by atoms with Gasteiger partial charge in [0.25, 0.3) is 0 Å². The van der Waals surface area contributed by atoms with E-state index in [0.717, 1.165) is 19.3 Å². The zero-order chi connectivity index (χ0) is 14.5. The van der Waals surface area contributed by atoms with E-state index < -0.39 is 0 Å². The standard InChI is InChI=1S/C15H25Br2ClO/c1-13(2)11(16)6-8-15(4,19-13)10-5-7-14(3,17)12(18)9-10/h10-12H,5-9H2,1-4H3/t10-,11+,12+,14+,15-/m0/s1. The average Bonchev–Trinajstić information content (AvgIpc) is 2.27. The Balaban J connectivity index is 2.10. The summed E-state index contributed by atoms with van der Waals surface area (Å²) < 4.78 is 6.60. The lowest BCUT2D eigenvalue weighted by molar-refractivity contribution is -0.190. The van der Waals surface area contributed by atoms with Crippen LogP contribution in [0.5, 0.6) is 0 Å². The maximum Gasteiger partial charge on any atom is 0.0758 e. The zero-order valence-electron chi connectivity index (χ0n) is 12.3. The van der Waals surface area contributed by atoms with E-state index in [0.29, 0.717) is 10.7 Å². The lowest BCUT2D eigenvalue weighted by Gasteiger charge is -2.52. The van der Waals surface area contributed by atoms with Crippen LogP contribution in [0.1, 0.15) is 59.8 Å². The van der Waals surface area contributed by atoms with Gasteiger partial charge in [-0.2, -0.15) is 0 Å². The number of ether oxygens (including phenoxy) is 1. The third kappa shape index (κ3) is 3.35. The Morgan fingerprint density at radius 3 is 2.26 bits per heavy atom. The van der Waals surface area contributed by atoms with Crippen molar-refractivity contribution in [2.75, 3.05) is 0 Å². The first-order valence-electron chi connectivity index (χ1n) is 7.24. The molecule has 0 unspecified atom stereocenters. The average molecular weight is 417 g/mol. The maximum absolute atomic E-state index is 6.57. The highest BCUT2D eigenvalue weighted by atomic mass is 79.9. The Morgan fingerprint density at radius 2 is 1.74 bits per heavy atom. The highest BCUT2D eigenvalue weighted by molar-refractivity contribution is 9.10. The molecule has 2 aliphatic rings. The van der Waals surface area contributed by atoms with Crippen LogP contribution in [0.15, 0.2) is 0 Å². The van der Waals surface area contributed by atoms with Crippen molar-refractivity contribution in [3.05, 3.63) is 0 Å². The van der Waals surface area contributed by atoms with Gasteiger partial charge in [0.05, 0.1) is 11.2 Å². The molecular weight excluding hydrogens is 391 g/mol. The first kappa shape index (κ1) is 16.6. The fourth-order valence-electron chi connectivity index (χ4n) is 3.55. The molecule has 1 aliphatic carbocycles. The van der Waals surface area contributed by atoms with Crippen LogP contribution >= 0.6 is 43.5 Å². The zero-order valence-corrected chi connectivity index (χ0v) is 16.2. The highest BCUT2D eigenvalue weighted by Gasteiger charge is 2.50. The van der Waals surface area contributed by atoms with E-state index in [4.69, 9.17) is 16.3 Å². The summed E-state index contributed by atoms with van der Waals surface area (Å²) in [5.74, 6) is 0.569. The first-order chi connectivity index (χ1) is 8.57. The Bertz CT molecular complexity index is 345. The van der Waals surface area contributed by atoms with Crippen LogP contribution in [-0.4, -0.2) is 25.7 Å². The van der Waals surface area contributed by atoms with E-state index in [-0.39, 0.29) is 20.9 Å². The second-order valence-electron chi connectivity index (χ2n) is 7.24. The van der Waals surface area contributed by atoms with Crippen molar-refractivity contribution in [3.8, 4) is 0 Å². The molecule has 2 fully saturated rings. The number of halogens is 3. The summed E-state index contributed by atoms with van der Waals surface area (Å²) >= 11 is 14.1. The van der Waals surface area contributed by atoms with Gasteiger partial charge in [-0.1, -0.05) is 31.9 Å². The summed E-state index contributed by atoms with van der Waals surface area (Å²) in [6.07, 6.45) is 5.68. The van der Waals surface area contributed by atoms with E-state index in [1.807, 2.05) is 0 Å². The summed E-state index contributed by atoms with van der Waals surface area (Å²) in [5.41, 5.74) is -0.117. The highest BCUT2D eigenvalue weighted by Crippen LogP contribution is 2.50. The predicted octanol–water partition coefficient (Wildman–Crippen LogP) is 5.66. The van der Waals surface area contributed by atoms with Gasteiger partial charge in [-0.3, -0.25) is 0 Å². The topological polar surface area (TPSA) is 9.23 Å². The fraction of sp³-hybridized carbons (Fsp3) is 1.00. The molecule has 1 aliphatic heterocycles. The molecule has 1 heterocycles. The molecule has 0 radical (unpaired) electrons. The molecule has 4 heteroatoms. The van der Waals surface area contributed by atoms with Crippen LogP contribution < -0.4 is 0 Å². The molecule has 0 aromatic carbocycles. The predicted molar refractivity (Wildman–Crippen MR) is 89.8 cm³/mol. The summed E-state index contributed by atoms with van der Waals surface area (Å²) in [6, 6.07) is 0. The van der Waals surface area contributed by atoms with Gasteiger partial charge in [-0.15, -0.1) is 11.6 Å². The van der Waals surface area contributed by atoms with Crippen molar-refractivity contribution in [3.63, 3.8) is 0 Å². The van der Waals surface area contributed by atoms with E-state index in [9.17, 15) is 0 Å². The van der Waals surface area contributed by atoms with Crippen LogP contribution in [0.3, 0.4) is 0 Å². The molecule has 2 rings (SSSR count). The Kier molecular flexibility index (Phi) is 4.75. The summed E-state index contributed by atoms with van der Waals surface area (Å²) in [6.45, 7) is 8.89. The van der Waals surface area contributed by atoms with Crippen molar-refractivity contribution in [2.24, 2.45) is 5.92 Å². The normalized spacial score (nSPS) is 51.0. The Hall–Kier alpha value is 1.21. The molecule has 0 aromatic heterocycles. The maximum atomic E-state index is 6.57. The van der Waals surface area contributed by atoms with Gasteiger partial charge >= 0.3 is 0 Å². The molecule has 0 amide bonds. The second-order valence-corrected chi connectivity index (χ2v) is 10.7. The van der Waals surface area contributed by atoms with Crippen molar-refractivity contribution < 1.29 is 4.74 Å². The third-order valence-electron chi connectivity index (χ3n) is 5.13. The molecular formula is C15H25Br2ClO. The molecule has 1 nitrogen and oxygen atoms in total. The molecule has 1 saturated carbocycles. The van der Waals surface area contributed by atoms with Crippen LogP contribution in [0.2, 0.25) is 0 Å². The molecule has 5 atom stereocenters. The fourth-order valence-corrected chi connectivity index (χ4v) is 4.61. The van der Waals surface area contributed by atoms with Gasteiger partial charge in [-0.25, -0.2) is 0 Å². The minimum absolute atomic E-state index is 0.0234. The number of alkyl halides is 3. The van der Waals surface area contributed by atoms with Crippen molar-refractivity contribution in [2.45, 2.75) is 85.5 Å². The van der Waals surface area contributed by atoms with Gasteiger partial charge in [-0.05, 0) is 65.7 Å². The largest absolute Gasteiger partial charge is 0.368 e. The van der Waals surface area contributed by atoms with Crippen LogP contribution in [0, 0.1) is 5.92 Å². The molecule has 0 N–H and O–H groups in total. The quantitative estimate of drug-likeness (QED) is 0.501. The van der Waals surface area contributed by atoms with E-state index in [2.05, 4.69) is 59.6 Å². The number of hydrogen-bond acceptors (Lipinski definition) is 1. The van der Waals surface area contributed by atoms with Crippen LogP contribution in [-0.2, 0) is 4.74 Å². The molecule has 0 bridgehead atoms. The van der Waals surface area contributed by atoms with Gasteiger partial charge in [0.1, 0.15) is 0 Å². The minimum Gasteiger partial charge on any atom is -0.368 e. The third-order valence-corrected chi connectivity index (χ3v) is 8.57. The molecule has 0 spiro atoms. The summed E-state index contributed by atoms with van der Waals surface area (Å²) in [7, 11) is 0. The second kappa shape index (κ2) is 5.44.